The average Bonchev–Trinajstić information content (AvgIpc) is 2.85. The van der Waals surface area contributed by atoms with Gasteiger partial charge in [0, 0.05) is 29.9 Å². The van der Waals surface area contributed by atoms with Gasteiger partial charge in [-0.2, -0.15) is 0 Å². The predicted octanol–water partition coefficient (Wildman–Crippen LogP) is 1.85. The highest BCUT2D eigenvalue weighted by atomic mass is 35.5. The van der Waals surface area contributed by atoms with Crippen molar-refractivity contribution in [2.24, 2.45) is 0 Å². The Hall–Kier alpha value is -1.38. The van der Waals surface area contributed by atoms with E-state index < -0.39 is 18.3 Å². The maximum absolute atomic E-state index is 11.6. The Balaban J connectivity index is 1.64. The molecule has 2 heterocycles. The van der Waals surface area contributed by atoms with Crippen molar-refractivity contribution < 1.29 is 14.1 Å². The summed E-state index contributed by atoms with van der Waals surface area (Å²) < 4.78 is 12.1. The Morgan fingerprint density at radius 2 is 1.70 bits per heavy atom. The van der Waals surface area contributed by atoms with E-state index in [1.54, 1.807) is 12.4 Å². The van der Waals surface area contributed by atoms with Crippen LogP contribution in [0.2, 0.25) is 0 Å². The molecule has 27 heavy (non-hydrogen) atoms. The van der Waals surface area contributed by atoms with Gasteiger partial charge in [-0.3, -0.25) is 4.79 Å². The molecule has 9 heteroatoms. The van der Waals surface area contributed by atoms with Crippen LogP contribution in [0.25, 0.3) is 0 Å². The molecule has 0 bridgehead atoms. The molecule has 1 aliphatic heterocycles. The van der Waals surface area contributed by atoms with Gasteiger partial charge in [0.2, 0.25) is 11.9 Å². The van der Waals surface area contributed by atoms with Crippen LogP contribution in [0.5, 0.6) is 0 Å². The Kier molecular flexibility index (Phi) is 5.98. The van der Waals surface area contributed by atoms with Gasteiger partial charge in [-0.25, -0.2) is 9.97 Å². The lowest BCUT2D eigenvalue weighted by Gasteiger charge is -2.32. The molecule has 1 saturated heterocycles. The molecule has 1 aromatic rings. The van der Waals surface area contributed by atoms with Gasteiger partial charge in [0.05, 0.1) is 11.2 Å². The first-order chi connectivity index (χ1) is 12.7. The van der Waals surface area contributed by atoms with E-state index in [0.717, 1.165) is 31.1 Å². The second kappa shape index (κ2) is 7.93. The summed E-state index contributed by atoms with van der Waals surface area (Å²) in [6.45, 7) is 8.06. The molecular weight excluding hydrogens is 366 g/mol. The first-order valence-corrected chi connectivity index (χ1v) is 10.0. The molecule has 2 N–H and O–H groups in total. The molecule has 3 rings (SSSR count). The van der Waals surface area contributed by atoms with Crippen molar-refractivity contribution in [3.05, 3.63) is 12.4 Å². The van der Waals surface area contributed by atoms with Crippen molar-refractivity contribution in [2.45, 2.75) is 76.7 Å². The van der Waals surface area contributed by atoms with Crippen LogP contribution >= 0.6 is 11.6 Å². The summed E-state index contributed by atoms with van der Waals surface area (Å²) in [6, 6.07) is 0.130. The van der Waals surface area contributed by atoms with E-state index in [0.29, 0.717) is 5.95 Å². The zero-order valence-corrected chi connectivity index (χ0v) is 17.2. The van der Waals surface area contributed by atoms with Crippen LogP contribution in [0.4, 0.5) is 5.95 Å². The number of hydrogen-bond donors (Lipinski definition) is 2. The normalized spacial score (nSPS) is 26.6. The molecule has 1 amide bonds. The number of anilines is 1. The fourth-order valence-electron chi connectivity index (χ4n) is 3.40. The number of amides is 1. The van der Waals surface area contributed by atoms with E-state index in [4.69, 9.17) is 20.9 Å². The Labute approximate surface area is 166 Å². The number of nitrogens with zero attached hydrogens (tertiary/aromatic N) is 2. The summed E-state index contributed by atoms with van der Waals surface area (Å²) in [4.78, 5) is 20.5. The molecule has 148 valence electrons. The number of hydrogen-bond acceptors (Lipinski definition) is 6. The Morgan fingerprint density at radius 1 is 1.15 bits per heavy atom. The molecule has 7 nitrogen and oxygen atoms in total. The standard InChI is InChI=1S/C18H28BClN4O3/c1-17(2)18(3,4)27-19(26-17)12-10-21-16(22-11-12)24-14-8-6-5-7-13(14)23-15(25)9-20/h10-11,13-14H,5-9H2,1-4H3,(H,23,25)(H,21,22,24). The van der Waals surface area contributed by atoms with Gasteiger partial charge >= 0.3 is 7.12 Å². The van der Waals surface area contributed by atoms with Crippen LogP contribution in [-0.2, 0) is 14.1 Å². The van der Waals surface area contributed by atoms with Crippen molar-refractivity contribution in [1.82, 2.24) is 15.3 Å². The fraction of sp³-hybridized carbons (Fsp3) is 0.722. The summed E-state index contributed by atoms with van der Waals surface area (Å²) in [5.41, 5.74) is -0.00967. The maximum Gasteiger partial charge on any atom is 0.498 e. The van der Waals surface area contributed by atoms with Crippen LogP contribution in [0.1, 0.15) is 53.4 Å². The van der Waals surface area contributed by atoms with E-state index in [1.807, 2.05) is 27.7 Å². The van der Waals surface area contributed by atoms with E-state index in [1.165, 1.54) is 0 Å². The minimum Gasteiger partial charge on any atom is -0.399 e. The number of carbonyl (C=O) groups is 1. The van der Waals surface area contributed by atoms with Gasteiger partial charge in [-0.05, 0) is 40.5 Å². The number of nitrogens with one attached hydrogen (secondary N) is 2. The molecular formula is C18H28BClN4O3. The van der Waals surface area contributed by atoms with Crippen LogP contribution in [0, 0.1) is 0 Å². The SMILES string of the molecule is CC1(C)OB(c2cnc(NC3CCCCC3NC(=O)CCl)nc2)OC1(C)C. The van der Waals surface area contributed by atoms with Gasteiger partial charge in [0.15, 0.2) is 0 Å². The lowest BCUT2D eigenvalue weighted by atomic mass is 9.81. The van der Waals surface area contributed by atoms with E-state index in [-0.39, 0.29) is 23.9 Å². The van der Waals surface area contributed by atoms with E-state index in [9.17, 15) is 4.79 Å². The first-order valence-electron chi connectivity index (χ1n) is 9.51. The maximum atomic E-state index is 11.6. The summed E-state index contributed by atoms with van der Waals surface area (Å²) in [5, 5.41) is 6.33. The third kappa shape index (κ3) is 4.55. The topological polar surface area (TPSA) is 85.4 Å². The number of carbonyl (C=O) groups excluding carboxylic acids is 1. The molecule has 0 radical (unpaired) electrons. The molecule has 1 aromatic heterocycles. The molecule has 0 spiro atoms. The molecule has 2 fully saturated rings. The molecule has 2 atom stereocenters. The fourth-order valence-corrected chi connectivity index (χ4v) is 3.48. The predicted molar refractivity (Wildman–Crippen MR) is 106 cm³/mol. The summed E-state index contributed by atoms with van der Waals surface area (Å²) in [6.07, 6.45) is 7.53. The first kappa shape index (κ1) is 20.4. The number of halogens is 1. The lowest BCUT2D eigenvalue weighted by Crippen LogP contribution is -2.49. The second-order valence-electron chi connectivity index (χ2n) is 8.27. The van der Waals surface area contributed by atoms with Crippen LogP contribution in [0.15, 0.2) is 12.4 Å². The molecule has 2 aliphatic rings. The number of rotatable bonds is 5. The third-order valence-corrected chi connectivity index (χ3v) is 5.99. The summed E-state index contributed by atoms with van der Waals surface area (Å²) >= 11 is 5.62. The third-order valence-electron chi connectivity index (χ3n) is 5.75. The average molecular weight is 395 g/mol. The highest BCUT2D eigenvalue weighted by Crippen LogP contribution is 2.36. The summed E-state index contributed by atoms with van der Waals surface area (Å²) in [7, 11) is -0.477. The lowest BCUT2D eigenvalue weighted by molar-refractivity contribution is -0.119. The van der Waals surface area contributed by atoms with E-state index >= 15 is 0 Å². The smallest absolute Gasteiger partial charge is 0.399 e. The van der Waals surface area contributed by atoms with Gasteiger partial charge < -0.3 is 19.9 Å². The molecule has 1 saturated carbocycles. The van der Waals surface area contributed by atoms with Crippen molar-refractivity contribution in [1.29, 1.82) is 0 Å². The summed E-state index contributed by atoms with van der Waals surface area (Å²) in [5.74, 6) is 0.363. The number of alkyl halides is 1. The molecule has 2 unspecified atom stereocenters. The van der Waals surface area contributed by atoms with Gasteiger partial charge in [0.1, 0.15) is 5.88 Å². The van der Waals surface area contributed by atoms with Crippen LogP contribution < -0.4 is 16.1 Å². The quantitative estimate of drug-likeness (QED) is 0.585. The second-order valence-corrected chi connectivity index (χ2v) is 8.54. The molecule has 1 aliphatic carbocycles. The van der Waals surface area contributed by atoms with Crippen molar-refractivity contribution in [3.63, 3.8) is 0 Å². The van der Waals surface area contributed by atoms with Crippen molar-refractivity contribution in [3.8, 4) is 0 Å². The highest BCUT2D eigenvalue weighted by molar-refractivity contribution is 6.61. The van der Waals surface area contributed by atoms with Gasteiger partial charge in [0.25, 0.3) is 0 Å². The largest absolute Gasteiger partial charge is 0.498 e. The zero-order valence-electron chi connectivity index (χ0n) is 16.4. The van der Waals surface area contributed by atoms with Gasteiger partial charge in [-0.15, -0.1) is 11.6 Å². The molecule has 0 aromatic carbocycles. The number of aromatic nitrogens is 2. The minimum absolute atomic E-state index is 0.0253. The zero-order chi connectivity index (χ0) is 19.7. The Morgan fingerprint density at radius 3 is 2.26 bits per heavy atom. The monoisotopic (exact) mass is 394 g/mol. The van der Waals surface area contributed by atoms with Crippen molar-refractivity contribution >= 4 is 36.0 Å². The van der Waals surface area contributed by atoms with Crippen LogP contribution in [-0.4, -0.2) is 52.2 Å². The minimum atomic E-state index is -0.477. The Bertz CT molecular complexity index is 655. The van der Waals surface area contributed by atoms with E-state index in [2.05, 4.69) is 20.6 Å². The van der Waals surface area contributed by atoms with Crippen LogP contribution in [0.3, 0.4) is 0 Å². The highest BCUT2D eigenvalue weighted by Gasteiger charge is 2.52. The van der Waals surface area contributed by atoms with Gasteiger partial charge in [-0.1, -0.05) is 12.8 Å². The van der Waals surface area contributed by atoms with Crippen molar-refractivity contribution in [2.75, 3.05) is 11.2 Å².